The molecule has 2 nitrogen and oxygen atoms in total. The summed E-state index contributed by atoms with van der Waals surface area (Å²) in [5, 5.41) is 0. The van der Waals surface area contributed by atoms with Crippen LogP contribution in [-0.2, 0) is 9.53 Å². The molecule has 0 aromatic carbocycles. The van der Waals surface area contributed by atoms with Crippen molar-refractivity contribution in [3.8, 4) is 0 Å². The van der Waals surface area contributed by atoms with E-state index in [0.29, 0.717) is 10.2 Å². The minimum Gasteiger partial charge on any atom is -0.420 e. The van der Waals surface area contributed by atoms with Crippen molar-refractivity contribution in [1.29, 1.82) is 0 Å². The smallest absolute Gasteiger partial charge is 0.315 e. The monoisotopic (exact) mass is 210 g/mol. The lowest BCUT2D eigenvalue weighted by Crippen LogP contribution is -1.89. The molecule has 1 aliphatic heterocycles. The van der Waals surface area contributed by atoms with Crippen molar-refractivity contribution in [1.82, 2.24) is 0 Å². The maximum absolute atomic E-state index is 10.2. The van der Waals surface area contributed by atoms with E-state index in [0.717, 1.165) is 0 Å². The third-order valence-corrected chi connectivity index (χ3v) is 1.30. The average Bonchev–Trinajstić information content (AvgIpc) is 1.87. The largest absolute Gasteiger partial charge is 0.420 e. The van der Waals surface area contributed by atoms with Gasteiger partial charge in [-0.15, -0.1) is 0 Å². The molecule has 0 amide bonds. The number of carbonyl (C=O) groups is 1. The Hall–Kier alpha value is -0.0600. The molecule has 1 heterocycles. The summed E-state index contributed by atoms with van der Waals surface area (Å²) < 4.78 is 5.27. The van der Waals surface area contributed by atoms with E-state index >= 15 is 0 Å². The van der Waals surface area contributed by atoms with E-state index in [1.165, 1.54) is 0 Å². The lowest BCUT2D eigenvalue weighted by molar-refractivity contribution is -0.135. The molecule has 0 aliphatic carbocycles. The number of rotatable bonds is 0. The zero-order valence-electron chi connectivity index (χ0n) is 3.48. The highest BCUT2D eigenvalue weighted by Crippen LogP contribution is 2.16. The van der Waals surface area contributed by atoms with Gasteiger partial charge in [0.2, 0.25) is 0 Å². The minimum atomic E-state index is -0.149. The van der Waals surface area contributed by atoms with Crippen LogP contribution in [0.1, 0.15) is 6.42 Å². The van der Waals surface area contributed by atoms with Gasteiger partial charge < -0.3 is 4.74 Å². The molecule has 0 saturated carbocycles. The molecule has 3 heteroatoms. The lowest BCUT2D eigenvalue weighted by atomic mass is 10.5. The summed E-state index contributed by atoms with van der Waals surface area (Å²) in [6.45, 7) is 0. The Balaban J connectivity index is 2.58. The summed E-state index contributed by atoms with van der Waals surface area (Å²) in [5.74, 6) is -0.149. The van der Waals surface area contributed by atoms with Crippen molar-refractivity contribution in [3.05, 3.63) is 9.84 Å². The van der Waals surface area contributed by atoms with Crippen molar-refractivity contribution >= 4 is 28.6 Å². The molecule has 0 N–H and O–H groups in total. The van der Waals surface area contributed by atoms with Gasteiger partial charge in [-0.2, -0.15) is 0 Å². The Bertz CT molecular complexity index is 128. The second-order valence-corrected chi connectivity index (χ2v) is 2.25. The highest BCUT2D eigenvalue weighted by atomic mass is 127. The predicted molar refractivity (Wildman–Crippen MR) is 32.8 cm³/mol. The first-order valence-corrected chi connectivity index (χ1v) is 2.93. The number of halogens is 1. The van der Waals surface area contributed by atoms with Crippen LogP contribution in [0, 0.1) is 0 Å². The molecule has 7 heavy (non-hydrogen) atoms. The number of esters is 1. The molecular formula is C4H3IO2. The third-order valence-electron chi connectivity index (χ3n) is 0.641. The molecular weight excluding hydrogens is 207 g/mol. The Morgan fingerprint density at radius 1 is 1.86 bits per heavy atom. The number of hydrogen-bond donors (Lipinski definition) is 0. The molecule has 0 fully saturated rings. The average molecular weight is 210 g/mol. The fraction of sp³-hybridized carbons (Fsp3) is 0.250. The van der Waals surface area contributed by atoms with Crippen LogP contribution in [0.15, 0.2) is 9.84 Å². The first-order chi connectivity index (χ1) is 3.29. The van der Waals surface area contributed by atoms with Crippen molar-refractivity contribution in [2.75, 3.05) is 0 Å². The molecule has 0 atom stereocenters. The molecule has 38 valence electrons. The molecule has 0 bridgehead atoms. The second kappa shape index (κ2) is 1.81. The maximum atomic E-state index is 10.2. The van der Waals surface area contributed by atoms with E-state index in [4.69, 9.17) is 0 Å². The molecule has 0 aromatic heterocycles. The summed E-state index contributed by atoms with van der Waals surface area (Å²) >= 11 is 1.97. The van der Waals surface area contributed by atoms with Crippen LogP contribution in [0.4, 0.5) is 0 Å². The van der Waals surface area contributed by atoms with Crippen LogP contribution in [0.5, 0.6) is 0 Å². The normalized spacial score (nSPS) is 19.0. The van der Waals surface area contributed by atoms with Crippen molar-refractivity contribution in [2.24, 2.45) is 0 Å². The quantitative estimate of drug-likeness (QED) is 0.443. The topological polar surface area (TPSA) is 26.3 Å². The van der Waals surface area contributed by atoms with Gasteiger partial charge in [0.05, 0.1) is 6.42 Å². The first-order valence-electron chi connectivity index (χ1n) is 1.85. The fourth-order valence-electron chi connectivity index (χ4n) is 0.356. The first kappa shape index (κ1) is 5.08. The Morgan fingerprint density at radius 2 is 2.57 bits per heavy atom. The van der Waals surface area contributed by atoms with Crippen LogP contribution in [-0.4, -0.2) is 5.97 Å². The van der Waals surface area contributed by atoms with Gasteiger partial charge in [0.1, 0.15) is 0 Å². The van der Waals surface area contributed by atoms with Crippen molar-refractivity contribution < 1.29 is 9.53 Å². The van der Waals surface area contributed by atoms with Crippen LogP contribution >= 0.6 is 22.6 Å². The van der Waals surface area contributed by atoms with Crippen LogP contribution in [0.3, 0.4) is 0 Å². The van der Waals surface area contributed by atoms with E-state index in [9.17, 15) is 4.79 Å². The van der Waals surface area contributed by atoms with Gasteiger partial charge in [-0.1, -0.05) is 0 Å². The van der Waals surface area contributed by atoms with Gasteiger partial charge in [-0.3, -0.25) is 4.79 Å². The molecule has 0 aromatic rings. The maximum Gasteiger partial charge on any atom is 0.315 e. The summed E-state index contributed by atoms with van der Waals surface area (Å²) in [7, 11) is 0. The van der Waals surface area contributed by atoms with Gasteiger partial charge in [0.15, 0.2) is 3.77 Å². The van der Waals surface area contributed by atoms with E-state index in [-0.39, 0.29) is 5.97 Å². The zero-order valence-corrected chi connectivity index (χ0v) is 5.64. The highest BCUT2D eigenvalue weighted by Gasteiger charge is 2.09. The van der Waals surface area contributed by atoms with Crippen LogP contribution in [0.2, 0.25) is 0 Å². The van der Waals surface area contributed by atoms with E-state index < -0.39 is 0 Å². The van der Waals surface area contributed by atoms with Crippen molar-refractivity contribution in [3.63, 3.8) is 0 Å². The zero-order chi connectivity index (χ0) is 5.28. The standard InChI is InChI=1S/C4H3IO2/c5-3-1-2-4(6)7-3/h1H,2H2. The molecule has 0 radical (unpaired) electrons. The lowest BCUT2D eigenvalue weighted by Gasteiger charge is -1.85. The van der Waals surface area contributed by atoms with Gasteiger partial charge in [-0.05, 0) is 28.7 Å². The second-order valence-electron chi connectivity index (χ2n) is 1.19. The van der Waals surface area contributed by atoms with E-state index in [1.54, 1.807) is 6.08 Å². The summed E-state index contributed by atoms with van der Waals surface area (Å²) in [6, 6.07) is 0. The summed E-state index contributed by atoms with van der Waals surface area (Å²) in [5.41, 5.74) is 0. The predicted octanol–water partition coefficient (Wildman–Crippen LogP) is 1.21. The Morgan fingerprint density at radius 3 is 2.71 bits per heavy atom. The minimum absolute atomic E-state index is 0.149. The molecule has 1 aliphatic rings. The van der Waals surface area contributed by atoms with Gasteiger partial charge in [0.25, 0.3) is 0 Å². The van der Waals surface area contributed by atoms with Crippen molar-refractivity contribution in [2.45, 2.75) is 6.42 Å². The highest BCUT2D eigenvalue weighted by molar-refractivity contribution is 14.1. The number of carbonyl (C=O) groups excluding carboxylic acids is 1. The van der Waals surface area contributed by atoms with Gasteiger partial charge in [0, 0.05) is 0 Å². The molecule has 0 saturated heterocycles. The third kappa shape index (κ3) is 1.15. The molecule has 0 unspecified atom stereocenters. The molecule has 1 rings (SSSR count). The summed E-state index contributed by atoms with van der Waals surface area (Å²) in [4.78, 5) is 10.2. The Labute approximate surface area is 54.7 Å². The van der Waals surface area contributed by atoms with Crippen LogP contribution in [0.25, 0.3) is 0 Å². The van der Waals surface area contributed by atoms with Crippen LogP contribution < -0.4 is 0 Å². The molecule has 0 spiro atoms. The number of ether oxygens (including phenoxy) is 1. The number of hydrogen-bond acceptors (Lipinski definition) is 2. The number of cyclic esters (lactones) is 1. The van der Waals surface area contributed by atoms with E-state index in [1.807, 2.05) is 22.6 Å². The fourth-order valence-corrected chi connectivity index (χ4v) is 0.821. The SMILES string of the molecule is O=C1CC=C(I)O1. The summed E-state index contributed by atoms with van der Waals surface area (Å²) in [6.07, 6.45) is 2.20. The van der Waals surface area contributed by atoms with E-state index in [2.05, 4.69) is 4.74 Å². The van der Waals surface area contributed by atoms with Gasteiger partial charge in [-0.25, -0.2) is 0 Å². The Kier molecular flexibility index (Phi) is 1.32. The van der Waals surface area contributed by atoms with Gasteiger partial charge >= 0.3 is 5.97 Å².